The first-order valence-electron chi connectivity index (χ1n) is 7.79. The molecule has 0 aliphatic carbocycles. The van der Waals surface area contributed by atoms with Crippen LogP contribution in [0.1, 0.15) is 31.7 Å². The van der Waals surface area contributed by atoms with E-state index in [-0.39, 0.29) is 37.7 Å². The maximum atomic E-state index is 13.6. The Kier molecular flexibility index (Phi) is 8.19. The Labute approximate surface area is 137 Å². The Morgan fingerprint density at radius 1 is 1.26 bits per heavy atom. The van der Waals surface area contributed by atoms with Crippen LogP contribution in [0.2, 0.25) is 0 Å². The molecule has 1 rings (SSSR count). The molecule has 0 spiro atoms. The first-order chi connectivity index (χ1) is 10.8. The summed E-state index contributed by atoms with van der Waals surface area (Å²) in [6, 6.07) is 6.28. The van der Waals surface area contributed by atoms with Gasteiger partial charge in [-0.1, -0.05) is 31.5 Å². The molecule has 0 unspecified atom stereocenters. The predicted molar refractivity (Wildman–Crippen MR) is 89.1 cm³/mol. The van der Waals surface area contributed by atoms with E-state index in [4.69, 9.17) is 0 Å². The molecule has 0 aliphatic rings. The second-order valence-electron chi connectivity index (χ2n) is 5.46. The SMILES string of the molecule is CCCCNC(=O)CCN(CCc1ccccc1F)S(C)(=O)=O. The van der Waals surface area contributed by atoms with Gasteiger partial charge < -0.3 is 5.32 Å². The van der Waals surface area contributed by atoms with Crippen molar-refractivity contribution < 1.29 is 17.6 Å². The Hall–Kier alpha value is -1.47. The molecule has 7 heteroatoms. The third-order valence-electron chi connectivity index (χ3n) is 3.50. The normalized spacial score (nSPS) is 11.7. The number of halogens is 1. The number of unbranched alkanes of at least 4 members (excludes halogenated alkanes) is 1. The van der Waals surface area contributed by atoms with E-state index < -0.39 is 10.0 Å². The molecular weight excluding hydrogens is 319 g/mol. The van der Waals surface area contributed by atoms with Gasteiger partial charge in [0, 0.05) is 26.1 Å². The molecule has 1 amide bonds. The zero-order chi connectivity index (χ0) is 17.3. The Balaban J connectivity index is 2.54. The van der Waals surface area contributed by atoms with Gasteiger partial charge in [0.15, 0.2) is 0 Å². The fourth-order valence-electron chi connectivity index (χ4n) is 2.11. The van der Waals surface area contributed by atoms with Crippen molar-refractivity contribution in [3.05, 3.63) is 35.6 Å². The van der Waals surface area contributed by atoms with E-state index >= 15 is 0 Å². The van der Waals surface area contributed by atoms with Crippen molar-refractivity contribution in [1.29, 1.82) is 0 Å². The first-order valence-corrected chi connectivity index (χ1v) is 9.64. The van der Waals surface area contributed by atoms with Gasteiger partial charge in [-0.15, -0.1) is 0 Å². The van der Waals surface area contributed by atoms with E-state index in [1.807, 2.05) is 6.92 Å². The summed E-state index contributed by atoms with van der Waals surface area (Å²) in [5.41, 5.74) is 0.466. The van der Waals surface area contributed by atoms with Crippen molar-refractivity contribution in [3.63, 3.8) is 0 Å². The standard InChI is InChI=1S/C16H25FN2O3S/c1-3-4-11-18-16(20)10-13-19(23(2,21)22)12-9-14-7-5-6-8-15(14)17/h5-8H,3-4,9-13H2,1-2H3,(H,18,20). The van der Waals surface area contributed by atoms with Crippen molar-refractivity contribution in [2.75, 3.05) is 25.9 Å². The topological polar surface area (TPSA) is 66.5 Å². The quantitative estimate of drug-likeness (QED) is 0.660. The van der Waals surface area contributed by atoms with Crippen molar-refractivity contribution in [3.8, 4) is 0 Å². The van der Waals surface area contributed by atoms with Gasteiger partial charge in [0.05, 0.1) is 6.26 Å². The number of nitrogens with one attached hydrogen (secondary N) is 1. The van der Waals surface area contributed by atoms with E-state index in [0.717, 1.165) is 19.1 Å². The van der Waals surface area contributed by atoms with Gasteiger partial charge in [0.2, 0.25) is 15.9 Å². The minimum absolute atomic E-state index is 0.102. The van der Waals surface area contributed by atoms with Gasteiger partial charge in [-0.25, -0.2) is 17.1 Å². The van der Waals surface area contributed by atoms with Crippen molar-refractivity contribution in [1.82, 2.24) is 9.62 Å². The highest BCUT2D eigenvalue weighted by atomic mass is 32.2. The molecule has 1 N–H and O–H groups in total. The van der Waals surface area contributed by atoms with E-state index in [1.54, 1.807) is 18.2 Å². The van der Waals surface area contributed by atoms with Crippen LogP contribution in [-0.4, -0.2) is 44.5 Å². The minimum Gasteiger partial charge on any atom is -0.356 e. The molecule has 0 bridgehead atoms. The van der Waals surface area contributed by atoms with Gasteiger partial charge in [-0.2, -0.15) is 0 Å². The average molecular weight is 344 g/mol. The smallest absolute Gasteiger partial charge is 0.221 e. The predicted octanol–water partition coefficient (Wildman–Crippen LogP) is 1.94. The number of sulfonamides is 1. The lowest BCUT2D eigenvalue weighted by Crippen LogP contribution is -2.36. The molecule has 0 aromatic heterocycles. The molecule has 0 saturated carbocycles. The van der Waals surface area contributed by atoms with Crippen LogP contribution in [0.5, 0.6) is 0 Å². The molecule has 0 saturated heterocycles. The van der Waals surface area contributed by atoms with Crippen LogP contribution in [0.25, 0.3) is 0 Å². The summed E-state index contributed by atoms with van der Waals surface area (Å²) < 4.78 is 38.4. The number of carbonyl (C=O) groups is 1. The van der Waals surface area contributed by atoms with Crippen LogP contribution in [0.3, 0.4) is 0 Å². The van der Waals surface area contributed by atoms with E-state index in [0.29, 0.717) is 12.1 Å². The number of carbonyl (C=O) groups excluding carboxylic acids is 1. The highest BCUT2D eigenvalue weighted by Gasteiger charge is 2.18. The van der Waals surface area contributed by atoms with Crippen LogP contribution >= 0.6 is 0 Å². The van der Waals surface area contributed by atoms with Crippen molar-refractivity contribution in [2.24, 2.45) is 0 Å². The Morgan fingerprint density at radius 2 is 1.96 bits per heavy atom. The lowest BCUT2D eigenvalue weighted by atomic mass is 10.1. The van der Waals surface area contributed by atoms with E-state index in [9.17, 15) is 17.6 Å². The molecular formula is C16H25FN2O3S. The fraction of sp³-hybridized carbons (Fsp3) is 0.562. The van der Waals surface area contributed by atoms with Gasteiger partial charge >= 0.3 is 0 Å². The number of rotatable bonds is 10. The lowest BCUT2D eigenvalue weighted by molar-refractivity contribution is -0.121. The third-order valence-corrected chi connectivity index (χ3v) is 4.80. The molecule has 1 aromatic carbocycles. The number of nitrogens with zero attached hydrogens (tertiary/aromatic N) is 1. The molecule has 5 nitrogen and oxygen atoms in total. The van der Waals surface area contributed by atoms with E-state index in [2.05, 4.69) is 5.32 Å². The summed E-state index contributed by atoms with van der Waals surface area (Å²) in [6.45, 7) is 2.89. The van der Waals surface area contributed by atoms with Gasteiger partial charge in [0.25, 0.3) is 0 Å². The number of hydrogen-bond acceptors (Lipinski definition) is 3. The lowest BCUT2D eigenvalue weighted by Gasteiger charge is -2.19. The minimum atomic E-state index is -3.44. The van der Waals surface area contributed by atoms with Crippen LogP contribution in [0.4, 0.5) is 4.39 Å². The summed E-state index contributed by atoms with van der Waals surface area (Å²) >= 11 is 0. The summed E-state index contributed by atoms with van der Waals surface area (Å²) in [7, 11) is -3.44. The molecule has 0 heterocycles. The summed E-state index contributed by atoms with van der Waals surface area (Å²) in [6.07, 6.45) is 3.36. The van der Waals surface area contributed by atoms with Crippen LogP contribution in [0, 0.1) is 5.82 Å². The monoisotopic (exact) mass is 344 g/mol. The molecule has 0 atom stereocenters. The van der Waals surface area contributed by atoms with Crippen molar-refractivity contribution >= 4 is 15.9 Å². The van der Waals surface area contributed by atoms with Crippen LogP contribution < -0.4 is 5.32 Å². The number of amides is 1. The number of benzene rings is 1. The summed E-state index contributed by atoms with van der Waals surface area (Å²) in [4.78, 5) is 11.7. The van der Waals surface area contributed by atoms with Crippen LogP contribution in [0.15, 0.2) is 24.3 Å². The molecule has 0 radical (unpaired) electrons. The zero-order valence-corrected chi connectivity index (χ0v) is 14.5. The maximum Gasteiger partial charge on any atom is 0.221 e. The summed E-state index contributed by atoms with van der Waals surface area (Å²) in [5.74, 6) is -0.517. The molecule has 0 fully saturated rings. The van der Waals surface area contributed by atoms with Crippen molar-refractivity contribution in [2.45, 2.75) is 32.6 Å². The Bertz CT molecular complexity index is 605. The number of hydrogen-bond donors (Lipinski definition) is 1. The molecule has 130 valence electrons. The third kappa shape index (κ3) is 7.56. The molecule has 23 heavy (non-hydrogen) atoms. The van der Waals surface area contributed by atoms with E-state index in [1.165, 1.54) is 10.4 Å². The molecule has 0 aliphatic heterocycles. The summed E-state index contributed by atoms with van der Waals surface area (Å²) in [5, 5.41) is 2.75. The van der Waals surface area contributed by atoms with Gasteiger partial charge in [-0.05, 0) is 24.5 Å². The van der Waals surface area contributed by atoms with Gasteiger partial charge in [0.1, 0.15) is 5.82 Å². The average Bonchev–Trinajstić information content (AvgIpc) is 2.47. The highest BCUT2D eigenvalue weighted by molar-refractivity contribution is 7.88. The second-order valence-corrected chi connectivity index (χ2v) is 7.44. The first kappa shape index (κ1) is 19.6. The molecule has 1 aromatic rings. The van der Waals surface area contributed by atoms with Gasteiger partial charge in [-0.3, -0.25) is 4.79 Å². The largest absolute Gasteiger partial charge is 0.356 e. The highest BCUT2D eigenvalue weighted by Crippen LogP contribution is 2.09. The van der Waals surface area contributed by atoms with Crippen LogP contribution in [-0.2, 0) is 21.2 Å². The Morgan fingerprint density at radius 3 is 2.57 bits per heavy atom. The maximum absolute atomic E-state index is 13.6. The fourth-order valence-corrected chi connectivity index (χ4v) is 2.95. The zero-order valence-electron chi connectivity index (χ0n) is 13.7. The second kappa shape index (κ2) is 9.62.